The maximum atomic E-state index is 13.3. The molecule has 0 aromatic carbocycles. The smallest absolute Gasteiger partial charge is 0.309 e. The molecule has 0 N–H and O–H groups in total. The van der Waals surface area contributed by atoms with E-state index >= 15 is 0 Å². The van der Waals surface area contributed by atoms with E-state index in [0.29, 0.717) is 71.9 Å². The summed E-state index contributed by atoms with van der Waals surface area (Å²) in [4.78, 5) is 42.6. The lowest BCUT2D eigenvalue weighted by molar-refractivity contribution is -0.148. The molecule has 3 saturated heterocycles. The number of esters is 1. The van der Waals surface area contributed by atoms with E-state index in [1.807, 2.05) is 11.0 Å². The first-order chi connectivity index (χ1) is 17.3. The van der Waals surface area contributed by atoms with Gasteiger partial charge in [-0.3, -0.25) is 23.9 Å². The van der Waals surface area contributed by atoms with Crippen LogP contribution in [0.2, 0.25) is 0 Å². The summed E-state index contributed by atoms with van der Waals surface area (Å²) in [6, 6.07) is 2.03. The van der Waals surface area contributed by atoms with Gasteiger partial charge in [0.25, 0.3) is 11.5 Å². The molecule has 1 amide bonds. The van der Waals surface area contributed by atoms with Crippen molar-refractivity contribution in [1.82, 2.24) is 9.47 Å². The second kappa shape index (κ2) is 11.2. The van der Waals surface area contributed by atoms with E-state index in [1.54, 1.807) is 31.9 Å². The third-order valence-electron chi connectivity index (χ3n) is 6.94. The molecule has 0 saturated carbocycles. The predicted octanol–water partition coefficient (Wildman–Crippen LogP) is 2.73. The summed E-state index contributed by atoms with van der Waals surface area (Å²) in [7, 11) is 1.63. The van der Waals surface area contributed by atoms with Gasteiger partial charge in [-0.2, -0.15) is 5.26 Å². The fourth-order valence-electron chi connectivity index (χ4n) is 4.96. The lowest BCUT2D eigenvalue weighted by atomic mass is 9.95. The number of pyridine rings is 1. The zero-order valence-corrected chi connectivity index (χ0v) is 22.4. The van der Waals surface area contributed by atoms with Crippen LogP contribution < -0.4 is 10.5 Å². The molecule has 4 heterocycles. The molecule has 1 atom stereocenters. The minimum atomic E-state index is -0.388. The molecular formula is C25H30N4O5S2. The summed E-state index contributed by atoms with van der Waals surface area (Å²) in [6.07, 6.45) is 4.78. The van der Waals surface area contributed by atoms with Crippen LogP contribution in [-0.4, -0.2) is 64.6 Å². The third kappa shape index (κ3) is 5.08. The Labute approximate surface area is 220 Å². The SMILES string of the molecule is CCOC(=O)C1CCN(c2c(/C=C3\SC(=S)N(CC4CCCO4)C3=O)c(C)c(C#N)c(=O)n2C)CC1. The number of rotatable bonds is 6. The van der Waals surface area contributed by atoms with Crippen LogP contribution in [0.15, 0.2) is 9.70 Å². The van der Waals surface area contributed by atoms with Crippen molar-refractivity contribution in [3.8, 4) is 6.07 Å². The van der Waals surface area contributed by atoms with Crippen molar-refractivity contribution < 1.29 is 19.1 Å². The fraction of sp³-hybridized carbons (Fsp3) is 0.560. The monoisotopic (exact) mass is 530 g/mol. The van der Waals surface area contributed by atoms with Crippen molar-refractivity contribution in [2.75, 3.05) is 37.7 Å². The highest BCUT2D eigenvalue weighted by Gasteiger charge is 2.36. The number of carbonyl (C=O) groups excluding carboxylic acids is 2. The predicted molar refractivity (Wildman–Crippen MR) is 142 cm³/mol. The first-order valence-corrected chi connectivity index (χ1v) is 13.4. The normalized spacial score (nSPS) is 21.9. The summed E-state index contributed by atoms with van der Waals surface area (Å²) in [5, 5.41) is 9.69. The maximum Gasteiger partial charge on any atom is 0.309 e. The number of carbonyl (C=O) groups is 2. The van der Waals surface area contributed by atoms with Crippen molar-refractivity contribution in [3.05, 3.63) is 31.9 Å². The van der Waals surface area contributed by atoms with Gasteiger partial charge in [-0.1, -0.05) is 24.0 Å². The van der Waals surface area contributed by atoms with Gasteiger partial charge in [0.05, 0.1) is 30.1 Å². The molecular weight excluding hydrogens is 500 g/mol. The number of hydrogen-bond acceptors (Lipinski definition) is 9. The average Bonchev–Trinajstić information content (AvgIpc) is 3.47. The molecule has 36 heavy (non-hydrogen) atoms. The Kier molecular flexibility index (Phi) is 8.17. The number of aromatic nitrogens is 1. The van der Waals surface area contributed by atoms with Crippen LogP contribution in [0.3, 0.4) is 0 Å². The molecule has 9 nitrogen and oxygen atoms in total. The second-order valence-corrected chi connectivity index (χ2v) is 10.8. The molecule has 11 heteroatoms. The highest BCUT2D eigenvalue weighted by atomic mass is 32.2. The van der Waals surface area contributed by atoms with E-state index in [4.69, 9.17) is 21.7 Å². The Hall–Kier alpha value is -2.68. The van der Waals surface area contributed by atoms with Crippen molar-refractivity contribution in [3.63, 3.8) is 0 Å². The number of nitrogens with zero attached hydrogens (tertiary/aromatic N) is 4. The first kappa shape index (κ1) is 26.4. The molecule has 1 aromatic rings. The van der Waals surface area contributed by atoms with Gasteiger partial charge >= 0.3 is 5.97 Å². The molecule has 3 aliphatic heterocycles. The molecule has 1 aromatic heterocycles. The Morgan fingerprint density at radius 2 is 2.03 bits per heavy atom. The molecule has 192 valence electrons. The van der Waals surface area contributed by atoms with Crippen molar-refractivity contribution in [2.45, 2.75) is 45.6 Å². The van der Waals surface area contributed by atoms with Gasteiger partial charge in [0.15, 0.2) is 0 Å². The summed E-state index contributed by atoms with van der Waals surface area (Å²) in [5.41, 5.74) is 0.817. The lowest BCUT2D eigenvalue weighted by Gasteiger charge is -2.35. The van der Waals surface area contributed by atoms with Crippen molar-refractivity contribution in [2.24, 2.45) is 13.0 Å². The van der Waals surface area contributed by atoms with E-state index in [9.17, 15) is 19.6 Å². The van der Waals surface area contributed by atoms with Crippen LogP contribution in [0.4, 0.5) is 5.82 Å². The minimum Gasteiger partial charge on any atom is -0.466 e. The number of anilines is 1. The van der Waals surface area contributed by atoms with Crippen LogP contribution in [0.5, 0.6) is 0 Å². The number of thioether (sulfide) groups is 1. The summed E-state index contributed by atoms with van der Waals surface area (Å²) in [6.45, 7) is 6.07. The highest BCUT2D eigenvalue weighted by Crippen LogP contribution is 2.37. The summed E-state index contributed by atoms with van der Waals surface area (Å²) < 4.78 is 12.8. The van der Waals surface area contributed by atoms with Gasteiger partial charge in [-0.05, 0) is 51.2 Å². The van der Waals surface area contributed by atoms with E-state index < -0.39 is 0 Å². The highest BCUT2D eigenvalue weighted by molar-refractivity contribution is 8.26. The van der Waals surface area contributed by atoms with Crippen LogP contribution >= 0.6 is 24.0 Å². The lowest BCUT2D eigenvalue weighted by Crippen LogP contribution is -2.40. The fourth-order valence-corrected chi connectivity index (χ4v) is 6.22. The molecule has 0 spiro atoms. The van der Waals surface area contributed by atoms with Gasteiger partial charge in [-0.25, -0.2) is 0 Å². The quantitative estimate of drug-likeness (QED) is 0.312. The molecule has 1 unspecified atom stereocenters. The third-order valence-corrected chi connectivity index (χ3v) is 8.32. The Bertz CT molecular complexity index is 1200. The van der Waals surface area contributed by atoms with Gasteiger partial charge < -0.3 is 14.4 Å². The van der Waals surface area contributed by atoms with Crippen LogP contribution in [0, 0.1) is 24.2 Å². The number of nitriles is 1. The van der Waals surface area contributed by atoms with E-state index in [0.717, 1.165) is 12.8 Å². The van der Waals surface area contributed by atoms with Crippen LogP contribution in [0.1, 0.15) is 49.3 Å². The number of hydrogen-bond donors (Lipinski definition) is 0. The standard InChI is InChI=1S/C25H30N4O5S2/c1-4-33-24(32)16-7-9-28(10-8-16)21-18(15(2)19(13-26)22(30)27(21)3)12-20-23(31)29(25(35)36-20)14-17-6-5-11-34-17/h12,16-17H,4-11,14H2,1-3H3/b20-12-. The Balaban J connectivity index is 1.68. The first-order valence-electron chi connectivity index (χ1n) is 12.2. The number of piperidine rings is 1. The molecule has 0 radical (unpaired) electrons. The van der Waals surface area contributed by atoms with E-state index in [1.165, 1.54) is 16.3 Å². The Morgan fingerprint density at radius 1 is 1.31 bits per heavy atom. The van der Waals surface area contributed by atoms with Crippen LogP contribution in [0.25, 0.3) is 6.08 Å². The van der Waals surface area contributed by atoms with E-state index in [2.05, 4.69) is 0 Å². The zero-order chi connectivity index (χ0) is 26.0. The molecule has 0 aliphatic carbocycles. The molecule has 3 aliphatic rings. The number of amides is 1. The maximum absolute atomic E-state index is 13.3. The van der Waals surface area contributed by atoms with Crippen molar-refractivity contribution >= 4 is 52.1 Å². The summed E-state index contributed by atoms with van der Waals surface area (Å²) >= 11 is 6.72. The van der Waals surface area contributed by atoms with Gasteiger partial charge in [0, 0.05) is 32.3 Å². The second-order valence-electron chi connectivity index (χ2n) is 9.15. The average molecular weight is 531 g/mol. The Morgan fingerprint density at radius 3 is 2.64 bits per heavy atom. The number of ether oxygens (including phenoxy) is 2. The number of thiocarbonyl (C=S) groups is 1. The molecule has 0 bridgehead atoms. The summed E-state index contributed by atoms with van der Waals surface area (Å²) in [5.74, 6) is 0.0508. The van der Waals surface area contributed by atoms with Gasteiger partial charge in [-0.15, -0.1) is 0 Å². The van der Waals surface area contributed by atoms with E-state index in [-0.39, 0.29) is 35.0 Å². The van der Waals surface area contributed by atoms with Crippen LogP contribution in [-0.2, 0) is 26.1 Å². The minimum absolute atomic E-state index is 0.0208. The topological polar surface area (TPSA) is 105 Å². The molecule has 4 rings (SSSR count). The zero-order valence-electron chi connectivity index (χ0n) is 20.7. The van der Waals surface area contributed by atoms with Gasteiger partial charge in [0.2, 0.25) is 0 Å². The molecule has 3 fully saturated rings. The van der Waals surface area contributed by atoms with Gasteiger partial charge in [0.1, 0.15) is 21.8 Å². The van der Waals surface area contributed by atoms with Crippen molar-refractivity contribution in [1.29, 1.82) is 5.26 Å². The largest absolute Gasteiger partial charge is 0.466 e.